The molecule has 2 N–H and O–H groups in total. The molecule has 0 unspecified atom stereocenters. The van der Waals surface area contributed by atoms with Crippen LogP contribution < -0.4 is 5.73 Å². The highest BCUT2D eigenvalue weighted by Crippen LogP contribution is 2.25. The molecular weight excluding hydrogens is 222 g/mol. The van der Waals surface area contributed by atoms with Crippen LogP contribution in [-0.4, -0.2) is 19.3 Å². The zero-order chi connectivity index (χ0) is 9.84. The molecule has 0 amide bonds. The number of carbonyl (C=O) groups is 1. The first kappa shape index (κ1) is 13.1. The highest BCUT2D eigenvalue weighted by Gasteiger charge is 2.11. The minimum atomic E-state index is -0.395. The largest absolute Gasteiger partial charge is 0.465 e. The molecule has 0 fully saturated rings. The lowest BCUT2D eigenvalue weighted by Gasteiger charge is -2.06. The topological polar surface area (TPSA) is 52.3 Å². The van der Waals surface area contributed by atoms with Crippen LogP contribution in [0, 0.1) is 0 Å². The van der Waals surface area contributed by atoms with Crippen LogP contribution in [-0.2, 0) is 4.74 Å². The van der Waals surface area contributed by atoms with Gasteiger partial charge in [-0.25, -0.2) is 4.79 Å². The number of para-hydroxylation sites is 1. The zero-order valence-electron chi connectivity index (χ0n) is 7.94. The molecule has 1 rings (SSSR count). The summed E-state index contributed by atoms with van der Waals surface area (Å²) in [5.74, 6) is -0.395. The van der Waals surface area contributed by atoms with Gasteiger partial charge >= 0.3 is 5.97 Å². The molecule has 14 heavy (non-hydrogen) atoms. The van der Waals surface area contributed by atoms with Gasteiger partial charge < -0.3 is 10.5 Å². The maximum Gasteiger partial charge on any atom is 0.339 e. The molecule has 0 saturated carbocycles. The Morgan fingerprint density at radius 2 is 2.14 bits per heavy atom. The van der Waals surface area contributed by atoms with E-state index in [1.165, 1.54) is 18.9 Å². The number of anilines is 1. The molecule has 5 heteroatoms. The summed E-state index contributed by atoms with van der Waals surface area (Å²) in [6.45, 7) is 0. The van der Waals surface area contributed by atoms with Gasteiger partial charge in [0, 0.05) is 4.90 Å². The van der Waals surface area contributed by atoms with Gasteiger partial charge in [0.15, 0.2) is 0 Å². The number of nitrogens with two attached hydrogens (primary N) is 1. The fourth-order valence-corrected chi connectivity index (χ4v) is 1.55. The molecule has 0 bridgehead atoms. The van der Waals surface area contributed by atoms with E-state index in [1.54, 1.807) is 12.1 Å². The number of ether oxygens (including phenoxy) is 1. The van der Waals surface area contributed by atoms with Crippen LogP contribution in [0.4, 0.5) is 5.69 Å². The number of thioether (sulfide) groups is 1. The van der Waals surface area contributed by atoms with E-state index in [0.717, 1.165) is 4.90 Å². The Bertz CT molecular complexity index is 331. The third kappa shape index (κ3) is 2.56. The Balaban J connectivity index is 0.00000169. The molecule has 0 atom stereocenters. The SMILES string of the molecule is COC(=O)c1cccc(SC)c1N.Cl. The van der Waals surface area contributed by atoms with Crippen LogP contribution in [0.1, 0.15) is 10.4 Å². The van der Waals surface area contributed by atoms with Crippen molar-refractivity contribution in [2.45, 2.75) is 4.90 Å². The Labute approximate surface area is 93.4 Å². The van der Waals surface area contributed by atoms with E-state index in [1.807, 2.05) is 12.3 Å². The maximum atomic E-state index is 11.2. The number of esters is 1. The molecule has 0 radical (unpaired) electrons. The van der Waals surface area contributed by atoms with Crippen LogP contribution in [0.5, 0.6) is 0 Å². The summed E-state index contributed by atoms with van der Waals surface area (Å²) in [5, 5.41) is 0. The average molecular weight is 234 g/mol. The van der Waals surface area contributed by atoms with Gasteiger partial charge in [0.25, 0.3) is 0 Å². The van der Waals surface area contributed by atoms with E-state index in [2.05, 4.69) is 4.74 Å². The van der Waals surface area contributed by atoms with E-state index in [4.69, 9.17) is 5.73 Å². The molecule has 0 saturated heterocycles. The normalized spacial score (nSPS) is 9.00. The third-order valence-corrected chi connectivity index (χ3v) is 2.49. The Morgan fingerprint density at radius 3 is 2.64 bits per heavy atom. The molecule has 0 aromatic heterocycles. The smallest absolute Gasteiger partial charge is 0.339 e. The quantitative estimate of drug-likeness (QED) is 0.483. The van der Waals surface area contributed by atoms with Crippen molar-refractivity contribution in [1.82, 2.24) is 0 Å². The summed E-state index contributed by atoms with van der Waals surface area (Å²) in [7, 11) is 1.34. The lowest BCUT2D eigenvalue weighted by molar-refractivity contribution is 0.0601. The van der Waals surface area contributed by atoms with E-state index in [-0.39, 0.29) is 12.4 Å². The fourth-order valence-electron chi connectivity index (χ4n) is 1.01. The summed E-state index contributed by atoms with van der Waals surface area (Å²) in [6.07, 6.45) is 1.91. The van der Waals surface area contributed by atoms with E-state index < -0.39 is 5.97 Å². The number of rotatable bonds is 2. The van der Waals surface area contributed by atoms with Crippen molar-refractivity contribution in [2.24, 2.45) is 0 Å². The minimum Gasteiger partial charge on any atom is -0.465 e. The lowest BCUT2D eigenvalue weighted by atomic mass is 10.2. The molecular formula is C9H12ClNO2S. The highest BCUT2D eigenvalue weighted by molar-refractivity contribution is 7.98. The summed E-state index contributed by atoms with van der Waals surface area (Å²) in [6, 6.07) is 5.31. The second kappa shape index (κ2) is 5.78. The number of carbonyl (C=O) groups excluding carboxylic acids is 1. The number of hydrogen-bond acceptors (Lipinski definition) is 4. The Kier molecular flexibility index (Phi) is 5.42. The molecule has 0 spiro atoms. The molecule has 0 aliphatic rings. The van der Waals surface area contributed by atoms with Gasteiger partial charge in [0.2, 0.25) is 0 Å². The monoisotopic (exact) mass is 233 g/mol. The average Bonchev–Trinajstić information content (AvgIpc) is 2.17. The first-order valence-corrected chi connectivity index (χ1v) is 4.94. The zero-order valence-corrected chi connectivity index (χ0v) is 9.58. The number of hydrogen-bond donors (Lipinski definition) is 1. The summed E-state index contributed by atoms with van der Waals surface area (Å²) in [4.78, 5) is 12.1. The molecule has 78 valence electrons. The van der Waals surface area contributed by atoms with Gasteiger partial charge in [-0.15, -0.1) is 24.2 Å². The summed E-state index contributed by atoms with van der Waals surface area (Å²) in [5.41, 5.74) is 6.66. The second-order valence-corrected chi connectivity index (χ2v) is 3.26. The molecule has 1 aromatic carbocycles. The predicted molar refractivity (Wildman–Crippen MR) is 61.2 cm³/mol. The second-order valence-electron chi connectivity index (χ2n) is 2.41. The minimum absolute atomic E-state index is 0. The van der Waals surface area contributed by atoms with Crippen molar-refractivity contribution in [3.63, 3.8) is 0 Å². The lowest BCUT2D eigenvalue weighted by Crippen LogP contribution is -2.06. The third-order valence-electron chi connectivity index (χ3n) is 1.69. The van der Waals surface area contributed by atoms with Crippen LogP contribution in [0.3, 0.4) is 0 Å². The van der Waals surface area contributed by atoms with Gasteiger partial charge in [0.1, 0.15) is 0 Å². The van der Waals surface area contributed by atoms with Crippen LogP contribution in [0.25, 0.3) is 0 Å². The van der Waals surface area contributed by atoms with Crippen LogP contribution in [0.2, 0.25) is 0 Å². The van der Waals surface area contributed by atoms with E-state index >= 15 is 0 Å². The van der Waals surface area contributed by atoms with Gasteiger partial charge in [-0.05, 0) is 18.4 Å². The number of nitrogen functional groups attached to an aromatic ring is 1. The fraction of sp³-hybridized carbons (Fsp3) is 0.222. The maximum absolute atomic E-state index is 11.2. The molecule has 0 aliphatic heterocycles. The molecule has 3 nitrogen and oxygen atoms in total. The summed E-state index contributed by atoms with van der Waals surface area (Å²) >= 11 is 1.50. The Hall–Kier alpha value is -0.870. The van der Waals surface area contributed by atoms with Gasteiger partial charge in [-0.2, -0.15) is 0 Å². The van der Waals surface area contributed by atoms with Gasteiger partial charge in [-0.3, -0.25) is 0 Å². The van der Waals surface area contributed by atoms with Crippen molar-refractivity contribution in [1.29, 1.82) is 0 Å². The first-order chi connectivity index (χ1) is 6.20. The van der Waals surface area contributed by atoms with Crippen molar-refractivity contribution >= 4 is 35.8 Å². The Morgan fingerprint density at radius 1 is 1.50 bits per heavy atom. The van der Waals surface area contributed by atoms with Crippen LogP contribution >= 0.6 is 24.2 Å². The number of halogens is 1. The van der Waals surface area contributed by atoms with E-state index in [9.17, 15) is 4.79 Å². The van der Waals surface area contributed by atoms with Crippen molar-refractivity contribution in [2.75, 3.05) is 19.1 Å². The molecule has 0 heterocycles. The predicted octanol–water partition coefficient (Wildman–Crippen LogP) is 2.20. The molecule has 0 aliphatic carbocycles. The van der Waals surface area contributed by atoms with Crippen molar-refractivity contribution in [3.05, 3.63) is 23.8 Å². The summed E-state index contributed by atoms with van der Waals surface area (Å²) < 4.78 is 4.59. The van der Waals surface area contributed by atoms with E-state index in [0.29, 0.717) is 11.3 Å². The van der Waals surface area contributed by atoms with Gasteiger partial charge in [0.05, 0.1) is 18.4 Å². The van der Waals surface area contributed by atoms with Crippen LogP contribution in [0.15, 0.2) is 23.1 Å². The number of benzene rings is 1. The van der Waals surface area contributed by atoms with Crippen molar-refractivity contribution < 1.29 is 9.53 Å². The number of methoxy groups -OCH3 is 1. The molecule has 1 aromatic rings. The van der Waals surface area contributed by atoms with Gasteiger partial charge in [-0.1, -0.05) is 6.07 Å². The first-order valence-electron chi connectivity index (χ1n) is 3.71. The standard InChI is InChI=1S/C9H11NO2S.ClH/c1-12-9(11)6-4-3-5-7(13-2)8(6)10;/h3-5H,10H2,1-2H3;1H. The highest BCUT2D eigenvalue weighted by atomic mass is 35.5. The van der Waals surface area contributed by atoms with Crippen molar-refractivity contribution in [3.8, 4) is 0 Å².